The molecule has 1 aliphatic rings. The van der Waals surface area contributed by atoms with Crippen molar-refractivity contribution in [1.82, 2.24) is 9.88 Å². The molecular formula is C24H21F3N2O3. The van der Waals surface area contributed by atoms with E-state index >= 15 is 0 Å². The van der Waals surface area contributed by atoms with Crippen molar-refractivity contribution in [2.45, 2.75) is 25.7 Å². The molecule has 2 aromatic carbocycles. The fourth-order valence-electron chi connectivity index (χ4n) is 3.71. The van der Waals surface area contributed by atoms with Crippen molar-refractivity contribution in [3.63, 3.8) is 0 Å². The van der Waals surface area contributed by atoms with Crippen LogP contribution >= 0.6 is 0 Å². The molecule has 2 heterocycles. The Hall–Kier alpha value is -3.55. The third kappa shape index (κ3) is 4.39. The molecule has 0 saturated heterocycles. The minimum Gasteiger partial charge on any atom is -0.497 e. The van der Waals surface area contributed by atoms with Crippen molar-refractivity contribution in [2.75, 3.05) is 13.7 Å². The molecule has 1 atom stereocenters. The number of benzene rings is 2. The highest BCUT2D eigenvalue weighted by atomic mass is 19.4. The average molecular weight is 442 g/mol. The third-order valence-electron chi connectivity index (χ3n) is 5.40. The molecule has 8 heteroatoms. The molecule has 0 saturated carbocycles. The van der Waals surface area contributed by atoms with Crippen molar-refractivity contribution in [2.24, 2.45) is 0 Å². The third-order valence-corrected chi connectivity index (χ3v) is 5.40. The van der Waals surface area contributed by atoms with Crippen LogP contribution in [0.5, 0.6) is 11.6 Å². The first-order valence-electron chi connectivity index (χ1n) is 9.98. The second-order valence-electron chi connectivity index (χ2n) is 7.52. The highest BCUT2D eigenvalue weighted by Crippen LogP contribution is 2.36. The van der Waals surface area contributed by atoms with Crippen LogP contribution in [0.3, 0.4) is 0 Å². The van der Waals surface area contributed by atoms with Gasteiger partial charge in [0.1, 0.15) is 12.4 Å². The first-order valence-corrected chi connectivity index (χ1v) is 9.98. The van der Waals surface area contributed by atoms with Crippen LogP contribution < -0.4 is 9.47 Å². The quantitative estimate of drug-likeness (QED) is 0.527. The van der Waals surface area contributed by atoms with Gasteiger partial charge in [-0.1, -0.05) is 24.3 Å². The molecule has 0 N–H and O–H groups in total. The molecule has 1 unspecified atom stereocenters. The number of aromatic nitrogens is 1. The standard InChI is InChI=1S/C24H21F3N2O3/c1-15-4-3-5-22(28-15)32-14-21(16-7-10-19(31-2)11-8-16)29-13-17-6-9-18(24(25,26)27)12-20(17)23(29)30/h3-12,21H,13-14H2,1-2H3. The zero-order chi connectivity index (χ0) is 22.9. The summed E-state index contributed by atoms with van der Waals surface area (Å²) in [7, 11) is 1.55. The van der Waals surface area contributed by atoms with Crippen molar-refractivity contribution in [3.05, 3.63) is 88.6 Å². The summed E-state index contributed by atoms with van der Waals surface area (Å²) < 4.78 is 50.5. The van der Waals surface area contributed by atoms with Crippen LogP contribution in [0.1, 0.15) is 38.8 Å². The Morgan fingerprint density at radius 3 is 2.50 bits per heavy atom. The maximum atomic E-state index is 13.2. The van der Waals surface area contributed by atoms with E-state index in [1.165, 1.54) is 11.0 Å². The van der Waals surface area contributed by atoms with Gasteiger partial charge in [0.25, 0.3) is 5.91 Å². The molecule has 1 amide bonds. The van der Waals surface area contributed by atoms with Crippen LogP contribution in [-0.2, 0) is 12.7 Å². The number of amides is 1. The Balaban J connectivity index is 1.65. The Morgan fingerprint density at radius 2 is 1.84 bits per heavy atom. The number of alkyl halides is 3. The van der Waals surface area contributed by atoms with Gasteiger partial charge in [-0.15, -0.1) is 0 Å². The topological polar surface area (TPSA) is 51.7 Å². The molecule has 0 fully saturated rings. The number of pyridine rings is 1. The molecule has 0 aliphatic carbocycles. The smallest absolute Gasteiger partial charge is 0.416 e. The molecule has 4 rings (SSSR count). The second-order valence-corrected chi connectivity index (χ2v) is 7.52. The van der Waals surface area contributed by atoms with Gasteiger partial charge in [0.15, 0.2) is 0 Å². The summed E-state index contributed by atoms with van der Waals surface area (Å²) >= 11 is 0. The number of aryl methyl sites for hydroxylation is 1. The second kappa shape index (κ2) is 8.53. The highest BCUT2D eigenvalue weighted by Gasteiger charge is 2.37. The van der Waals surface area contributed by atoms with E-state index in [4.69, 9.17) is 9.47 Å². The van der Waals surface area contributed by atoms with E-state index in [-0.39, 0.29) is 18.7 Å². The predicted octanol–water partition coefficient (Wildman–Crippen LogP) is 5.19. The van der Waals surface area contributed by atoms with Crippen LogP contribution in [0.2, 0.25) is 0 Å². The molecule has 1 aliphatic heterocycles. The summed E-state index contributed by atoms with van der Waals surface area (Å²) in [6.45, 7) is 2.12. The lowest BCUT2D eigenvalue weighted by atomic mass is 10.1. The number of rotatable bonds is 6. The molecule has 3 aromatic rings. The number of carbonyl (C=O) groups is 1. The monoisotopic (exact) mass is 442 g/mol. The molecule has 0 bridgehead atoms. The van der Waals surface area contributed by atoms with Gasteiger partial charge < -0.3 is 14.4 Å². The van der Waals surface area contributed by atoms with Crippen LogP contribution in [-0.4, -0.2) is 29.5 Å². The minimum atomic E-state index is -4.52. The fourth-order valence-corrected chi connectivity index (χ4v) is 3.71. The molecule has 32 heavy (non-hydrogen) atoms. The Kier molecular flexibility index (Phi) is 5.78. The number of carbonyl (C=O) groups excluding carboxylic acids is 1. The molecular weight excluding hydrogens is 421 g/mol. The predicted molar refractivity (Wildman–Crippen MR) is 112 cm³/mol. The molecule has 1 aromatic heterocycles. The summed E-state index contributed by atoms with van der Waals surface area (Å²) in [5, 5.41) is 0. The van der Waals surface area contributed by atoms with Crippen LogP contribution in [0.15, 0.2) is 60.7 Å². The van der Waals surface area contributed by atoms with E-state index in [0.29, 0.717) is 17.2 Å². The molecule has 166 valence electrons. The number of hydrogen-bond acceptors (Lipinski definition) is 4. The number of halogens is 3. The normalized spacial score (nSPS) is 14.3. The first-order chi connectivity index (χ1) is 15.3. The number of nitrogens with zero attached hydrogens (tertiary/aromatic N) is 2. The van der Waals surface area contributed by atoms with E-state index < -0.39 is 23.7 Å². The van der Waals surface area contributed by atoms with E-state index in [2.05, 4.69) is 4.98 Å². The number of hydrogen-bond donors (Lipinski definition) is 0. The minimum absolute atomic E-state index is 0.0621. The zero-order valence-electron chi connectivity index (χ0n) is 17.5. The van der Waals surface area contributed by atoms with Gasteiger partial charge in [-0.25, -0.2) is 4.98 Å². The zero-order valence-corrected chi connectivity index (χ0v) is 17.5. The molecule has 0 radical (unpaired) electrons. The van der Waals surface area contributed by atoms with Gasteiger partial charge in [0, 0.05) is 23.9 Å². The van der Waals surface area contributed by atoms with Gasteiger partial charge in [-0.3, -0.25) is 4.79 Å². The number of fused-ring (bicyclic) bond motifs is 1. The van der Waals surface area contributed by atoms with E-state index in [9.17, 15) is 18.0 Å². The lowest BCUT2D eigenvalue weighted by Crippen LogP contribution is -2.33. The van der Waals surface area contributed by atoms with Crippen molar-refractivity contribution >= 4 is 5.91 Å². The largest absolute Gasteiger partial charge is 0.497 e. The van der Waals surface area contributed by atoms with Gasteiger partial charge in [-0.2, -0.15) is 13.2 Å². The SMILES string of the molecule is COc1ccc(C(COc2cccc(C)n2)N2Cc3ccc(C(F)(F)F)cc3C2=O)cc1. The van der Waals surface area contributed by atoms with Crippen molar-refractivity contribution < 1.29 is 27.4 Å². The van der Waals surface area contributed by atoms with Crippen molar-refractivity contribution in [3.8, 4) is 11.6 Å². The first kappa shape index (κ1) is 21.7. The summed E-state index contributed by atoms with van der Waals surface area (Å²) in [4.78, 5) is 19.0. The van der Waals surface area contributed by atoms with Crippen LogP contribution in [0.4, 0.5) is 13.2 Å². The molecule has 0 spiro atoms. The lowest BCUT2D eigenvalue weighted by molar-refractivity contribution is -0.137. The van der Waals surface area contributed by atoms with E-state index in [1.807, 2.05) is 31.2 Å². The maximum Gasteiger partial charge on any atom is 0.416 e. The summed E-state index contributed by atoms with van der Waals surface area (Å²) in [6.07, 6.45) is -4.52. The van der Waals surface area contributed by atoms with Crippen molar-refractivity contribution in [1.29, 1.82) is 0 Å². The summed E-state index contributed by atoms with van der Waals surface area (Å²) in [5.41, 5.74) is 1.33. The van der Waals surface area contributed by atoms with E-state index in [1.54, 1.807) is 25.3 Å². The summed E-state index contributed by atoms with van der Waals surface area (Å²) in [6, 6.07) is 15.3. The van der Waals surface area contributed by atoms with Gasteiger partial charge in [0.05, 0.1) is 18.7 Å². The fraction of sp³-hybridized carbons (Fsp3) is 0.250. The van der Waals surface area contributed by atoms with Crippen LogP contribution in [0.25, 0.3) is 0 Å². The Bertz CT molecular complexity index is 1130. The Morgan fingerprint density at radius 1 is 1.09 bits per heavy atom. The van der Waals surface area contributed by atoms with Crippen LogP contribution in [0, 0.1) is 6.92 Å². The van der Waals surface area contributed by atoms with E-state index in [0.717, 1.165) is 23.4 Å². The highest BCUT2D eigenvalue weighted by molar-refractivity contribution is 5.98. The summed E-state index contributed by atoms with van der Waals surface area (Å²) in [5.74, 6) is 0.597. The van der Waals surface area contributed by atoms with Gasteiger partial charge in [0.2, 0.25) is 5.88 Å². The van der Waals surface area contributed by atoms with Gasteiger partial charge in [-0.05, 0) is 48.4 Å². The Labute approximate surface area is 183 Å². The number of methoxy groups -OCH3 is 1. The van der Waals surface area contributed by atoms with Gasteiger partial charge >= 0.3 is 6.18 Å². The average Bonchev–Trinajstić information content (AvgIpc) is 3.09. The maximum absolute atomic E-state index is 13.2. The lowest BCUT2D eigenvalue weighted by Gasteiger charge is -2.28. The number of ether oxygens (including phenoxy) is 2. The molecule has 5 nitrogen and oxygen atoms in total.